The number of hydrogen-bond acceptors (Lipinski definition) is 7. The number of nitrogens with one attached hydrogen (secondary N) is 1. The summed E-state index contributed by atoms with van der Waals surface area (Å²) in [6, 6.07) is 12.9. The third-order valence-corrected chi connectivity index (χ3v) is 8.49. The standard InChI is InChI=1S/C34H44F2N4O6S/c1-34(2,3)32(40(15-7-14-37)30(42)21-47-20-27(33(45)46)38-29(41)12-13-31(43)44)28-16-23(25-17-24(35)10-11-26(25)36)19-39(28)18-22-8-5-4-6-9-22/h4-6,8-11,16-17,19,27,31-32,43-44H,7,12-15,18,20-21,37H2,1-3H3,(H,38,41)(H,45,46)/t27-,32-/m0/s1. The molecular weight excluding hydrogens is 630 g/mol. The first-order chi connectivity index (χ1) is 22.2. The topological polar surface area (TPSA) is 158 Å². The monoisotopic (exact) mass is 674 g/mol. The summed E-state index contributed by atoms with van der Waals surface area (Å²) in [6.07, 6.45) is 0.0419. The largest absolute Gasteiger partial charge is 0.480 e. The highest BCUT2D eigenvalue weighted by molar-refractivity contribution is 8.00. The number of carboxylic acids is 1. The predicted molar refractivity (Wildman–Crippen MR) is 177 cm³/mol. The Morgan fingerprint density at radius 3 is 2.38 bits per heavy atom. The number of halogens is 2. The molecule has 0 radical (unpaired) electrons. The van der Waals surface area contributed by atoms with Crippen LogP contribution in [-0.2, 0) is 20.9 Å². The first-order valence-electron chi connectivity index (χ1n) is 15.4. The Labute approximate surface area is 278 Å². The van der Waals surface area contributed by atoms with Crippen molar-refractivity contribution in [3.05, 3.63) is 83.7 Å². The molecule has 0 aliphatic heterocycles. The highest BCUT2D eigenvalue weighted by Crippen LogP contribution is 2.41. The lowest BCUT2D eigenvalue weighted by Crippen LogP contribution is -2.45. The van der Waals surface area contributed by atoms with Gasteiger partial charge in [-0.2, -0.15) is 0 Å². The fourth-order valence-electron chi connectivity index (χ4n) is 5.32. The van der Waals surface area contributed by atoms with E-state index in [1.54, 1.807) is 17.2 Å². The summed E-state index contributed by atoms with van der Waals surface area (Å²) in [4.78, 5) is 39.6. The smallest absolute Gasteiger partial charge is 0.327 e. The molecule has 0 saturated heterocycles. The lowest BCUT2D eigenvalue weighted by molar-refractivity contribution is -0.141. The van der Waals surface area contributed by atoms with Gasteiger partial charge in [-0.15, -0.1) is 11.8 Å². The van der Waals surface area contributed by atoms with Crippen LogP contribution in [0.3, 0.4) is 0 Å². The van der Waals surface area contributed by atoms with E-state index in [-0.39, 0.29) is 35.8 Å². The first-order valence-corrected chi connectivity index (χ1v) is 16.5. The number of nitrogens with two attached hydrogens (primary N) is 1. The van der Waals surface area contributed by atoms with E-state index < -0.39 is 47.3 Å². The number of aliphatic hydroxyl groups excluding tert-OH is 1. The van der Waals surface area contributed by atoms with Gasteiger partial charge in [0.05, 0.1) is 11.8 Å². The van der Waals surface area contributed by atoms with Crippen LogP contribution in [0, 0.1) is 17.0 Å². The summed E-state index contributed by atoms with van der Waals surface area (Å²) < 4.78 is 31.2. The number of aliphatic carboxylic acids is 1. The molecule has 2 amide bonds. The van der Waals surface area contributed by atoms with Gasteiger partial charge in [-0.1, -0.05) is 51.1 Å². The van der Waals surface area contributed by atoms with Crippen LogP contribution < -0.4 is 11.1 Å². The normalized spacial score (nSPS) is 13.0. The van der Waals surface area contributed by atoms with E-state index in [1.165, 1.54) is 0 Å². The Morgan fingerprint density at radius 1 is 1.06 bits per heavy atom. The second-order valence-corrected chi connectivity index (χ2v) is 13.4. The molecule has 3 rings (SSSR count). The van der Waals surface area contributed by atoms with Crippen LogP contribution in [0.15, 0.2) is 60.8 Å². The van der Waals surface area contributed by atoms with Gasteiger partial charge in [0.25, 0.3) is 0 Å². The lowest BCUT2D eigenvalue weighted by Gasteiger charge is -2.41. The molecule has 2 atom stereocenters. The molecule has 13 heteroatoms. The van der Waals surface area contributed by atoms with Gasteiger partial charge in [0.1, 0.15) is 17.7 Å². The van der Waals surface area contributed by atoms with Gasteiger partial charge >= 0.3 is 5.97 Å². The summed E-state index contributed by atoms with van der Waals surface area (Å²) in [5.74, 6) is -3.59. The van der Waals surface area contributed by atoms with E-state index >= 15 is 0 Å². The van der Waals surface area contributed by atoms with Crippen molar-refractivity contribution in [3.63, 3.8) is 0 Å². The van der Waals surface area contributed by atoms with Gasteiger partial charge in [-0.3, -0.25) is 9.59 Å². The van der Waals surface area contributed by atoms with Crippen molar-refractivity contribution >= 4 is 29.5 Å². The number of nitrogens with zero attached hydrogens (tertiary/aromatic N) is 2. The second kappa shape index (κ2) is 17.4. The van der Waals surface area contributed by atoms with E-state index in [0.29, 0.717) is 37.3 Å². The van der Waals surface area contributed by atoms with Gasteiger partial charge < -0.3 is 35.8 Å². The maximum absolute atomic E-state index is 15.0. The molecule has 47 heavy (non-hydrogen) atoms. The maximum Gasteiger partial charge on any atom is 0.327 e. The SMILES string of the molecule is CC(C)(C)[C@H](c1cc(-c2cc(F)ccc2F)cn1Cc1ccccc1)N(CCCN)C(=O)CSC[C@H](NC(=O)CCC(O)O)C(=O)O. The van der Waals surface area contributed by atoms with Crippen LogP contribution >= 0.6 is 11.8 Å². The molecule has 256 valence electrons. The van der Waals surface area contributed by atoms with Gasteiger partial charge in [0.15, 0.2) is 6.29 Å². The van der Waals surface area contributed by atoms with Crippen LogP contribution in [0.25, 0.3) is 11.1 Å². The average Bonchev–Trinajstić information content (AvgIpc) is 3.40. The van der Waals surface area contributed by atoms with E-state index in [0.717, 1.165) is 35.5 Å². The van der Waals surface area contributed by atoms with E-state index in [4.69, 9.17) is 15.9 Å². The van der Waals surface area contributed by atoms with Crippen LogP contribution in [0.1, 0.15) is 57.3 Å². The number of carboxylic acid groups (broad SMARTS) is 1. The van der Waals surface area contributed by atoms with Crippen molar-refractivity contribution < 1.29 is 38.5 Å². The van der Waals surface area contributed by atoms with Crippen molar-refractivity contribution in [3.8, 4) is 11.1 Å². The Balaban J connectivity index is 1.96. The number of hydrogen-bond donors (Lipinski definition) is 5. The molecule has 10 nitrogen and oxygen atoms in total. The quantitative estimate of drug-likeness (QED) is 0.134. The third-order valence-electron chi connectivity index (χ3n) is 7.47. The summed E-state index contributed by atoms with van der Waals surface area (Å²) in [7, 11) is 0. The van der Waals surface area contributed by atoms with Crippen LogP contribution in [0.2, 0.25) is 0 Å². The van der Waals surface area contributed by atoms with Crippen molar-refractivity contribution in [2.45, 2.75) is 65.0 Å². The molecule has 0 fully saturated rings. The second-order valence-electron chi connectivity index (χ2n) is 12.4. The molecule has 0 aliphatic carbocycles. The van der Waals surface area contributed by atoms with Gasteiger partial charge in [-0.25, -0.2) is 13.6 Å². The maximum atomic E-state index is 15.0. The molecule has 0 aliphatic rings. The number of carbonyl (C=O) groups excluding carboxylic acids is 2. The van der Waals surface area contributed by atoms with Crippen molar-refractivity contribution in [1.29, 1.82) is 0 Å². The number of carbonyl (C=O) groups is 3. The number of thioether (sulfide) groups is 1. The molecule has 1 heterocycles. The third kappa shape index (κ3) is 11.2. The van der Waals surface area contributed by atoms with Gasteiger partial charge in [0.2, 0.25) is 11.8 Å². The number of aromatic nitrogens is 1. The van der Waals surface area contributed by atoms with E-state index in [1.807, 2.05) is 55.7 Å². The minimum Gasteiger partial charge on any atom is -0.480 e. The molecule has 6 N–H and O–H groups in total. The number of benzene rings is 2. The molecule has 3 aromatic rings. The molecule has 0 saturated carbocycles. The molecule has 0 unspecified atom stereocenters. The Kier molecular flexibility index (Phi) is 13.9. The van der Waals surface area contributed by atoms with Gasteiger partial charge in [-0.05, 0) is 48.2 Å². The summed E-state index contributed by atoms with van der Waals surface area (Å²) in [6.45, 7) is 6.95. The molecular formula is C34H44F2N4O6S. The molecule has 0 spiro atoms. The minimum atomic E-state index is -1.69. The summed E-state index contributed by atoms with van der Waals surface area (Å²) in [5.41, 5.74) is 7.54. The molecule has 2 aromatic carbocycles. The summed E-state index contributed by atoms with van der Waals surface area (Å²) >= 11 is 1.05. The molecule has 0 bridgehead atoms. The van der Waals surface area contributed by atoms with Crippen LogP contribution in [0.4, 0.5) is 8.78 Å². The number of rotatable bonds is 17. The molecule has 1 aromatic heterocycles. The van der Waals surface area contributed by atoms with E-state index in [2.05, 4.69) is 5.32 Å². The highest BCUT2D eigenvalue weighted by Gasteiger charge is 2.37. The number of amides is 2. The zero-order valence-electron chi connectivity index (χ0n) is 26.9. The zero-order chi connectivity index (χ0) is 34.7. The van der Waals surface area contributed by atoms with Crippen LogP contribution in [-0.4, -0.2) is 79.5 Å². The fraction of sp³-hybridized carbons (Fsp3) is 0.441. The van der Waals surface area contributed by atoms with Gasteiger partial charge in [0, 0.05) is 54.7 Å². The van der Waals surface area contributed by atoms with Crippen molar-refractivity contribution in [2.75, 3.05) is 24.6 Å². The number of aliphatic hydroxyl groups is 2. The van der Waals surface area contributed by atoms with Crippen LogP contribution in [0.5, 0.6) is 0 Å². The van der Waals surface area contributed by atoms with Crippen molar-refractivity contribution in [1.82, 2.24) is 14.8 Å². The average molecular weight is 675 g/mol. The Morgan fingerprint density at radius 2 is 1.77 bits per heavy atom. The van der Waals surface area contributed by atoms with Crippen molar-refractivity contribution in [2.24, 2.45) is 11.1 Å². The minimum absolute atomic E-state index is 0.0939. The Bertz CT molecular complexity index is 1500. The highest BCUT2D eigenvalue weighted by atomic mass is 32.2. The van der Waals surface area contributed by atoms with E-state index in [9.17, 15) is 28.3 Å². The Hall–Kier alpha value is -3.78. The zero-order valence-corrected chi connectivity index (χ0v) is 27.7. The summed E-state index contributed by atoms with van der Waals surface area (Å²) in [5, 5.41) is 30.0. The predicted octanol–water partition coefficient (Wildman–Crippen LogP) is 4.14. The lowest BCUT2D eigenvalue weighted by atomic mass is 9.83. The first kappa shape index (κ1) is 37.7. The fourth-order valence-corrected chi connectivity index (χ4v) is 6.24.